The average Bonchev–Trinajstić information content (AvgIpc) is 3.28. The number of nitrogens with one attached hydrogen (secondary N) is 1. The number of nitrogen functional groups attached to an aromatic ring is 1. The zero-order chi connectivity index (χ0) is 24.3. The number of hydrogen-bond donors (Lipinski definition) is 7. The van der Waals surface area contributed by atoms with Crippen molar-refractivity contribution in [2.75, 3.05) is 18.9 Å². The summed E-state index contributed by atoms with van der Waals surface area (Å²) in [4.78, 5) is 39.3. The van der Waals surface area contributed by atoms with Crippen molar-refractivity contribution in [1.29, 1.82) is 0 Å². The summed E-state index contributed by atoms with van der Waals surface area (Å²) < 4.78 is 12.6. The summed E-state index contributed by atoms with van der Waals surface area (Å²) in [7, 11) is 0. The number of aromatic amines is 1. The molecule has 2 aliphatic rings. The third kappa shape index (κ3) is 5.36. The summed E-state index contributed by atoms with van der Waals surface area (Å²) in [5.41, 5.74) is 3.55. The quantitative estimate of drug-likeness (QED) is 0.224. The van der Waals surface area contributed by atoms with Gasteiger partial charge >= 0.3 is 11.4 Å². The largest absolute Gasteiger partial charge is 0.394 e. The molecule has 7 atom stereocenters. The highest BCUT2D eigenvalue weighted by Gasteiger charge is 2.43. The Morgan fingerprint density at radius 2 is 1.67 bits per heavy atom. The van der Waals surface area contributed by atoms with Gasteiger partial charge in [-0.05, 0) is 6.07 Å². The number of nitrogens with two attached hydrogens (primary N) is 1. The number of aromatic nitrogens is 4. The third-order valence-electron chi connectivity index (χ3n) is 5.19. The lowest BCUT2D eigenvalue weighted by Crippen LogP contribution is -2.36. The molecule has 0 aromatic carbocycles. The fourth-order valence-electron chi connectivity index (χ4n) is 3.43. The van der Waals surface area contributed by atoms with Crippen LogP contribution < -0.4 is 22.7 Å². The molecule has 0 saturated carbocycles. The standard InChI is InChI=1S/C9H13N3O5.C9H12N2O5/c10-5-1-2-12(9(16)11-5)8-7(15)6(14)4(3-13)17-8;12-4-6-5(13)3-8(16-6)11-2-1-7(14)10-9(11)15/h1-2,4,6-8,13-15H,3H2,(H2,10,11,16);1-2,5-6,8,12-13H,3-4H2,(H,10,14,15)/t4-,6?,7-,8?;5-,6+,8?/m10/s1. The average molecular weight is 471 g/mol. The Hall–Kier alpha value is -2.92. The van der Waals surface area contributed by atoms with E-state index < -0.39 is 66.5 Å². The van der Waals surface area contributed by atoms with E-state index in [0.29, 0.717) is 0 Å². The number of anilines is 1. The molecule has 0 aliphatic carbocycles. The Morgan fingerprint density at radius 3 is 2.21 bits per heavy atom. The predicted octanol–water partition coefficient (Wildman–Crippen LogP) is -4.39. The van der Waals surface area contributed by atoms with Crippen LogP contribution in [0.5, 0.6) is 0 Å². The number of rotatable bonds is 4. The van der Waals surface area contributed by atoms with Crippen LogP contribution in [-0.4, -0.2) is 88.4 Å². The zero-order valence-corrected chi connectivity index (χ0v) is 17.2. The lowest BCUT2D eigenvalue weighted by molar-refractivity contribution is -0.0549. The van der Waals surface area contributed by atoms with Gasteiger partial charge in [0.2, 0.25) is 0 Å². The van der Waals surface area contributed by atoms with Gasteiger partial charge in [-0.2, -0.15) is 4.98 Å². The minimum atomic E-state index is -1.31. The molecule has 2 fully saturated rings. The maximum atomic E-state index is 11.5. The lowest BCUT2D eigenvalue weighted by Gasteiger charge is -2.16. The highest BCUT2D eigenvalue weighted by Crippen LogP contribution is 2.28. The van der Waals surface area contributed by atoms with Crippen molar-refractivity contribution in [1.82, 2.24) is 19.1 Å². The Morgan fingerprint density at radius 1 is 1.00 bits per heavy atom. The number of aliphatic hydroxyl groups excluding tert-OH is 5. The number of aliphatic hydroxyl groups is 5. The molecule has 2 saturated heterocycles. The predicted molar refractivity (Wildman–Crippen MR) is 109 cm³/mol. The van der Waals surface area contributed by atoms with Crippen LogP contribution in [0, 0.1) is 0 Å². The summed E-state index contributed by atoms with van der Waals surface area (Å²) in [5, 5.41) is 46.5. The van der Waals surface area contributed by atoms with Crippen molar-refractivity contribution in [3.63, 3.8) is 0 Å². The zero-order valence-electron chi connectivity index (χ0n) is 17.2. The maximum Gasteiger partial charge on any atom is 0.351 e. The van der Waals surface area contributed by atoms with Gasteiger partial charge < -0.3 is 40.7 Å². The first-order valence-corrected chi connectivity index (χ1v) is 9.89. The first-order valence-electron chi connectivity index (χ1n) is 9.89. The topological polar surface area (TPSA) is 235 Å². The van der Waals surface area contributed by atoms with Gasteiger partial charge in [0.05, 0.1) is 19.3 Å². The van der Waals surface area contributed by atoms with Gasteiger partial charge in [-0.15, -0.1) is 0 Å². The Bertz CT molecular complexity index is 1120. The van der Waals surface area contributed by atoms with Crippen LogP contribution in [0.4, 0.5) is 5.82 Å². The molecule has 15 heteroatoms. The van der Waals surface area contributed by atoms with Gasteiger partial charge in [-0.25, -0.2) is 9.59 Å². The van der Waals surface area contributed by atoms with Crippen LogP contribution in [0.2, 0.25) is 0 Å². The van der Waals surface area contributed by atoms with E-state index in [-0.39, 0.29) is 18.8 Å². The van der Waals surface area contributed by atoms with E-state index in [0.717, 1.165) is 4.57 Å². The maximum absolute atomic E-state index is 11.5. The molecular formula is C18H25N5O10. The van der Waals surface area contributed by atoms with Gasteiger partial charge in [0.1, 0.15) is 36.5 Å². The summed E-state index contributed by atoms with van der Waals surface area (Å²) in [6, 6.07) is 2.57. The van der Waals surface area contributed by atoms with Gasteiger partial charge in [0.25, 0.3) is 5.56 Å². The van der Waals surface area contributed by atoms with E-state index >= 15 is 0 Å². The molecule has 0 amide bonds. The second-order valence-corrected chi connectivity index (χ2v) is 7.40. The summed E-state index contributed by atoms with van der Waals surface area (Å²) >= 11 is 0. The minimum Gasteiger partial charge on any atom is -0.394 e. The van der Waals surface area contributed by atoms with Crippen molar-refractivity contribution in [3.05, 3.63) is 55.8 Å². The molecule has 2 aliphatic heterocycles. The van der Waals surface area contributed by atoms with E-state index in [9.17, 15) is 29.7 Å². The molecule has 33 heavy (non-hydrogen) atoms. The van der Waals surface area contributed by atoms with Crippen LogP contribution in [0.1, 0.15) is 18.9 Å². The Labute approximate surface area is 184 Å². The van der Waals surface area contributed by atoms with Gasteiger partial charge in [-0.3, -0.25) is 18.9 Å². The smallest absolute Gasteiger partial charge is 0.351 e. The molecular weight excluding hydrogens is 446 g/mol. The van der Waals surface area contributed by atoms with E-state index in [4.69, 9.17) is 25.4 Å². The van der Waals surface area contributed by atoms with Crippen LogP contribution in [0.3, 0.4) is 0 Å². The Balaban J connectivity index is 0.000000186. The molecule has 0 bridgehead atoms. The highest BCUT2D eigenvalue weighted by atomic mass is 16.6. The molecule has 182 valence electrons. The number of nitrogens with zero attached hydrogens (tertiary/aromatic N) is 3. The van der Waals surface area contributed by atoms with Gasteiger partial charge in [0, 0.05) is 24.9 Å². The van der Waals surface area contributed by atoms with Crippen LogP contribution in [0.15, 0.2) is 38.9 Å². The Kier molecular flexibility index (Phi) is 7.75. The van der Waals surface area contributed by atoms with E-state index in [1.807, 2.05) is 0 Å². The van der Waals surface area contributed by atoms with Crippen molar-refractivity contribution >= 4 is 5.82 Å². The molecule has 4 rings (SSSR count). The number of H-pyrrole nitrogens is 1. The SMILES string of the molecule is Nc1ccn(C2O[C@H](CO)C(O)[C@H]2O)c(=O)n1.O=c1ccn(C2C[C@H](O)[C@@H](CO)O2)c(=O)[nH]1. The van der Waals surface area contributed by atoms with Crippen LogP contribution in [-0.2, 0) is 9.47 Å². The molecule has 3 unspecified atom stereocenters. The highest BCUT2D eigenvalue weighted by molar-refractivity contribution is 5.23. The second kappa shape index (κ2) is 10.3. The molecule has 2 aromatic heterocycles. The molecule has 15 nitrogen and oxygen atoms in total. The summed E-state index contributed by atoms with van der Waals surface area (Å²) in [6.45, 7) is -0.762. The van der Waals surface area contributed by atoms with Crippen LogP contribution in [0.25, 0.3) is 0 Å². The molecule has 0 radical (unpaired) electrons. The molecule has 4 heterocycles. The van der Waals surface area contributed by atoms with E-state index in [2.05, 4.69) is 9.97 Å². The molecule has 2 aromatic rings. The first kappa shape index (κ1) is 24.7. The van der Waals surface area contributed by atoms with E-state index in [1.165, 1.54) is 29.1 Å². The lowest BCUT2D eigenvalue weighted by atomic mass is 10.1. The van der Waals surface area contributed by atoms with E-state index in [1.54, 1.807) is 0 Å². The summed E-state index contributed by atoms with van der Waals surface area (Å²) in [6.07, 6.45) is -3.92. The normalized spacial score (nSPS) is 31.2. The third-order valence-corrected chi connectivity index (χ3v) is 5.19. The minimum absolute atomic E-state index is 0.0537. The van der Waals surface area contributed by atoms with Gasteiger partial charge in [-0.1, -0.05) is 0 Å². The molecule has 0 spiro atoms. The second-order valence-electron chi connectivity index (χ2n) is 7.40. The summed E-state index contributed by atoms with van der Waals surface area (Å²) in [5.74, 6) is 0.0537. The van der Waals surface area contributed by atoms with Crippen molar-refractivity contribution < 1.29 is 35.0 Å². The van der Waals surface area contributed by atoms with Crippen molar-refractivity contribution in [2.45, 2.75) is 49.4 Å². The van der Waals surface area contributed by atoms with Crippen molar-refractivity contribution in [2.24, 2.45) is 0 Å². The molecule has 8 N–H and O–H groups in total. The number of hydrogen-bond acceptors (Lipinski definition) is 12. The monoisotopic (exact) mass is 471 g/mol. The van der Waals surface area contributed by atoms with Gasteiger partial charge in [0.15, 0.2) is 6.23 Å². The fourth-order valence-corrected chi connectivity index (χ4v) is 3.43. The van der Waals surface area contributed by atoms with Crippen molar-refractivity contribution in [3.8, 4) is 0 Å². The first-order chi connectivity index (χ1) is 15.7. The number of ether oxygens (including phenoxy) is 2. The van der Waals surface area contributed by atoms with Crippen LogP contribution >= 0.6 is 0 Å². The fraction of sp³-hybridized carbons (Fsp3) is 0.556.